The molecule has 11 nitrogen and oxygen atoms in total. The van der Waals surface area contributed by atoms with E-state index in [0.717, 1.165) is 17.3 Å². The van der Waals surface area contributed by atoms with E-state index in [4.69, 9.17) is 9.16 Å². The highest BCUT2D eigenvalue weighted by Crippen LogP contribution is 2.37. The second kappa shape index (κ2) is 15.3. The molecular formula is C35H42BrN7O4Si. The molecule has 2 aromatic carbocycles. The van der Waals surface area contributed by atoms with Gasteiger partial charge in [0.2, 0.25) is 5.95 Å². The van der Waals surface area contributed by atoms with Crippen molar-refractivity contribution >= 4 is 63.5 Å². The molecule has 0 radical (unpaired) electrons. The fourth-order valence-electron chi connectivity index (χ4n) is 6.20. The average molecular weight is 733 g/mol. The Balaban J connectivity index is 1.48. The lowest BCUT2D eigenvalue weighted by atomic mass is 10.1. The Kier molecular flexibility index (Phi) is 11.1. The lowest BCUT2D eigenvalue weighted by Crippen LogP contribution is -2.66. The number of methoxy groups -OCH3 is 1. The minimum atomic E-state index is -2.72. The van der Waals surface area contributed by atoms with E-state index in [1.54, 1.807) is 24.2 Å². The summed E-state index contributed by atoms with van der Waals surface area (Å²) in [7, 11) is -1.13. The first-order valence-electron chi connectivity index (χ1n) is 16.0. The fraction of sp³-hybridized carbons (Fsp3) is 0.343. The highest BCUT2D eigenvalue weighted by Gasteiger charge is 2.50. The van der Waals surface area contributed by atoms with E-state index in [2.05, 4.69) is 123 Å². The number of pyridine rings is 1. The molecule has 0 saturated carbocycles. The van der Waals surface area contributed by atoms with Gasteiger partial charge in [0.1, 0.15) is 22.5 Å². The SMILES string of the molecule is CCC[C@@H](CCO[Si](c1ccccc1)(c1ccccc1)C(C)(C)C)Nc1nc(NC(=O)O)nc2cnn(Cc3ncc(Br)cc3OC)c12. The van der Waals surface area contributed by atoms with Gasteiger partial charge < -0.3 is 19.6 Å². The lowest BCUT2D eigenvalue weighted by Gasteiger charge is -2.43. The number of benzene rings is 2. The maximum absolute atomic E-state index is 11.6. The summed E-state index contributed by atoms with van der Waals surface area (Å²) in [5.41, 5.74) is 1.80. The second-order valence-electron chi connectivity index (χ2n) is 12.6. The van der Waals surface area contributed by atoms with Crippen molar-refractivity contribution in [3.63, 3.8) is 0 Å². The van der Waals surface area contributed by atoms with Gasteiger partial charge in [-0.15, -0.1) is 0 Å². The van der Waals surface area contributed by atoms with E-state index in [9.17, 15) is 9.90 Å². The van der Waals surface area contributed by atoms with E-state index in [0.29, 0.717) is 47.9 Å². The standard InChI is InChI=1S/C35H42BrN7O4Si/c1-6-13-25(18-19-47-48(35(2,3)4,26-14-9-7-10-15-26)27-16-11-8-12-17-27)39-32-31-28(40-33(41-32)42-34(44)45)22-38-43(31)23-29-30(46-5)20-24(36)21-37-29/h7-12,14-17,20-22,25H,6,13,18-19,23H2,1-5H3,(H,44,45)(H2,39,40,41,42)/t25-/m0/s1. The summed E-state index contributed by atoms with van der Waals surface area (Å²) < 4.78 is 15.3. The number of carboxylic acid groups (broad SMARTS) is 1. The molecule has 0 saturated heterocycles. The number of nitrogens with zero attached hydrogens (tertiary/aromatic N) is 5. The van der Waals surface area contributed by atoms with E-state index < -0.39 is 14.4 Å². The van der Waals surface area contributed by atoms with Gasteiger partial charge in [-0.05, 0) is 50.2 Å². The van der Waals surface area contributed by atoms with Crippen LogP contribution in [0.2, 0.25) is 5.04 Å². The lowest BCUT2D eigenvalue weighted by molar-refractivity contribution is 0.209. The predicted octanol–water partition coefficient (Wildman–Crippen LogP) is 6.68. The summed E-state index contributed by atoms with van der Waals surface area (Å²) in [5, 5.41) is 22.3. The number of hydrogen-bond donors (Lipinski definition) is 3. The van der Waals surface area contributed by atoms with E-state index in [1.807, 2.05) is 18.2 Å². The molecule has 0 bridgehead atoms. The number of fused-ring (bicyclic) bond motifs is 1. The molecule has 3 heterocycles. The molecule has 0 unspecified atom stereocenters. The fourth-order valence-corrected chi connectivity index (χ4v) is 11.1. The molecule has 3 N–H and O–H groups in total. The number of hydrogen-bond acceptors (Lipinski definition) is 8. The third-order valence-electron chi connectivity index (χ3n) is 8.30. The van der Waals surface area contributed by atoms with Crippen LogP contribution >= 0.6 is 15.9 Å². The van der Waals surface area contributed by atoms with E-state index >= 15 is 0 Å². The zero-order valence-electron chi connectivity index (χ0n) is 27.9. The molecule has 0 spiro atoms. The van der Waals surface area contributed by atoms with Crippen LogP contribution in [0.15, 0.2) is 83.6 Å². The number of rotatable bonds is 14. The molecule has 1 amide bonds. The molecule has 5 rings (SSSR count). The highest BCUT2D eigenvalue weighted by molar-refractivity contribution is 9.10. The molecule has 252 valence electrons. The van der Waals surface area contributed by atoms with Crippen molar-refractivity contribution in [2.45, 2.75) is 64.6 Å². The normalized spacial score (nSPS) is 12.5. The zero-order chi connectivity index (χ0) is 34.3. The Morgan fingerprint density at radius 2 is 1.69 bits per heavy atom. The zero-order valence-corrected chi connectivity index (χ0v) is 30.5. The molecule has 3 aromatic heterocycles. The maximum Gasteiger partial charge on any atom is 0.411 e. The van der Waals surface area contributed by atoms with Crippen LogP contribution in [-0.4, -0.2) is 64.0 Å². The third kappa shape index (κ3) is 7.69. The van der Waals surface area contributed by atoms with Gasteiger partial charge in [0, 0.05) is 23.3 Å². The van der Waals surface area contributed by atoms with E-state index in [1.165, 1.54) is 10.4 Å². The van der Waals surface area contributed by atoms with Crippen LogP contribution in [0.25, 0.3) is 11.0 Å². The first-order valence-corrected chi connectivity index (χ1v) is 18.7. The van der Waals surface area contributed by atoms with Crippen molar-refractivity contribution in [3.8, 4) is 5.75 Å². The first kappa shape index (κ1) is 35.0. The van der Waals surface area contributed by atoms with Crippen LogP contribution in [0, 0.1) is 0 Å². The molecule has 0 aliphatic heterocycles. The second-order valence-corrected chi connectivity index (χ2v) is 17.8. The van der Waals surface area contributed by atoms with Gasteiger partial charge in [-0.2, -0.15) is 10.1 Å². The number of carbonyl (C=O) groups is 1. The van der Waals surface area contributed by atoms with Crippen molar-refractivity contribution in [2.75, 3.05) is 24.4 Å². The number of anilines is 2. The van der Waals surface area contributed by atoms with Gasteiger partial charge in [-0.1, -0.05) is 94.8 Å². The summed E-state index contributed by atoms with van der Waals surface area (Å²) in [6.45, 7) is 9.75. The summed E-state index contributed by atoms with van der Waals surface area (Å²) in [5.74, 6) is 1.05. The Labute approximate surface area is 290 Å². The monoisotopic (exact) mass is 731 g/mol. The molecule has 0 aliphatic carbocycles. The Morgan fingerprint density at radius 3 is 2.27 bits per heavy atom. The van der Waals surface area contributed by atoms with Crippen molar-refractivity contribution in [2.24, 2.45) is 0 Å². The van der Waals surface area contributed by atoms with Crippen LogP contribution in [-0.2, 0) is 11.0 Å². The average Bonchev–Trinajstić information content (AvgIpc) is 3.46. The topological polar surface area (TPSA) is 136 Å². The van der Waals surface area contributed by atoms with Gasteiger partial charge in [-0.3, -0.25) is 15.0 Å². The number of nitrogens with one attached hydrogen (secondary N) is 2. The number of ether oxygens (including phenoxy) is 1. The van der Waals surface area contributed by atoms with Gasteiger partial charge >= 0.3 is 6.09 Å². The van der Waals surface area contributed by atoms with Crippen LogP contribution in [0.4, 0.5) is 16.6 Å². The Bertz CT molecular complexity index is 1790. The molecule has 13 heteroatoms. The molecule has 1 atom stereocenters. The van der Waals surface area contributed by atoms with Gasteiger partial charge in [-0.25, -0.2) is 9.78 Å². The molecule has 0 fully saturated rings. The van der Waals surface area contributed by atoms with Crippen LogP contribution in [0.5, 0.6) is 5.75 Å². The Hall–Kier alpha value is -4.33. The van der Waals surface area contributed by atoms with Crippen LogP contribution in [0.3, 0.4) is 0 Å². The summed E-state index contributed by atoms with van der Waals surface area (Å²) in [6.07, 6.45) is 4.51. The molecular weight excluding hydrogens is 690 g/mol. The summed E-state index contributed by atoms with van der Waals surface area (Å²) >= 11 is 3.45. The van der Waals surface area contributed by atoms with Crippen molar-refractivity contribution in [3.05, 3.63) is 89.3 Å². The predicted molar refractivity (Wildman–Crippen MR) is 195 cm³/mol. The first-order chi connectivity index (χ1) is 23.1. The van der Waals surface area contributed by atoms with Crippen LogP contribution < -0.4 is 25.7 Å². The minimum absolute atomic E-state index is 0.0322. The molecule has 5 aromatic rings. The van der Waals surface area contributed by atoms with Gasteiger partial charge in [0.15, 0.2) is 5.82 Å². The highest BCUT2D eigenvalue weighted by atomic mass is 79.9. The van der Waals surface area contributed by atoms with E-state index in [-0.39, 0.29) is 17.0 Å². The van der Waals surface area contributed by atoms with Gasteiger partial charge in [0.05, 0.1) is 19.9 Å². The van der Waals surface area contributed by atoms with Crippen molar-refractivity contribution < 1.29 is 19.1 Å². The summed E-state index contributed by atoms with van der Waals surface area (Å²) in [6, 6.07) is 23.0. The van der Waals surface area contributed by atoms with Crippen molar-refractivity contribution in [1.82, 2.24) is 24.7 Å². The quantitative estimate of drug-likeness (QED) is 0.107. The Morgan fingerprint density at radius 1 is 1.02 bits per heavy atom. The molecule has 0 aliphatic rings. The maximum atomic E-state index is 11.6. The number of halogens is 1. The molecule has 48 heavy (non-hydrogen) atoms. The minimum Gasteiger partial charge on any atom is -0.495 e. The number of amides is 1. The third-order valence-corrected chi connectivity index (χ3v) is 13.8. The largest absolute Gasteiger partial charge is 0.495 e. The smallest absolute Gasteiger partial charge is 0.411 e. The van der Waals surface area contributed by atoms with Crippen LogP contribution in [0.1, 0.15) is 52.7 Å². The summed E-state index contributed by atoms with van der Waals surface area (Å²) in [4.78, 5) is 25.2. The van der Waals surface area contributed by atoms with Gasteiger partial charge in [0.25, 0.3) is 8.32 Å². The number of aromatic nitrogens is 5. The van der Waals surface area contributed by atoms with Crippen molar-refractivity contribution in [1.29, 1.82) is 0 Å².